The molecule has 0 radical (unpaired) electrons. The fourth-order valence-electron chi connectivity index (χ4n) is 4.30. The van der Waals surface area contributed by atoms with Gasteiger partial charge in [0.05, 0.1) is 22.5 Å². The highest BCUT2D eigenvalue weighted by Crippen LogP contribution is 2.26. The minimum absolute atomic E-state index is 0.111. The van der Waals surface area contributed by atoms with Crippen LogP contribution in [0.25, 0.3) is 11.0 Å². The predicted molar refractivity (Wildman–Crippen MR) is 125 cm³/mol. The molecule has 168 valence electrons. The van der Waals surface area contributed by atoms with Crippen molar-refractivity contribution >= 4 is 28.3 Å². The summed E-state index contributed by atoms with van der Waals surface area (Å²) in [7, 11) is 0. The van der Waals surface area contributed by atoms with Crippen molar-refractivity contribution < 1.29 is 9.72 Å². The third-order valence-electron chi connectivity index (χ3n) is 6.10. The second kappa shape index (κ2) is 9.08. The van der Waals surface area contributed by atoms with Gasteiger partial charge >= 0.3 is 0 Å². The van der Waals surface area contributed by atoms with E-state index in [0.717, 1.165) is 42.4 Å². The number of piperidine rings is 1. The molecule has 1 aromatic heterocycles. The number of nitro benzene ring substituents is 1. The summed E-state index contributed by atoms with van der Waals surface area (Å²) in [5.74, 6) is 1.43. The number of nitrogens with zero attached hydrogens (tertiary/aromatic N) is 4. The maximum absolute atomic E-state index is 12.6. The van der Waals surface area contributed by atoms with Crippen LogP contribution in [0.5, 0.6) is 0 Å². The Balaban J connectivity index is 1.57. The minimum Gasteiger partial charge on any atom is -0.324 e. The van der Waals surface area contributed by atoms with Gasteiger partial charge in [0.25, 0.3) is 11.6 Å². The smallest absolute Gasteiger partial charge is 0.270 e. The van der Waals surface area contributed by atoms with Crippen LogP contribution < -0.4 is 5.32 Å². The van der Waals surface area contributed by atoms with Crippen LogP contribution in [0.15, 0.2) is 42.5 Å². The van der Waals surface area contributed by atoms with Crippen molar-refractivity contribution in [1.29, 1.82) is 0 Å². The van der Waals surface area contributed by atoms with Gasteiger partial charge in [-0.2, -0.15) is 0 Å². The van der Waals surface area contributed by atoms with E-state index in [1.165, 1.54) is 31.0 Å². The molecule has 32 heavy (non-hydrogen) atoms. The number of hydrogen-bond donors (Lipinski definition) is 1. The first kappa shape index (κ1) is 22.0. The number of non-ortho nitro benzene ring substituents is 1. The van der Waals surface area contributed by atoms with Gasteiger partial charge in [-0.15, -0.1) is 0 Å². The molecule has 8 nitrogen and oxygen atoms in total. The Morgan fingerprint density at radius 2 is 1.97 bits per heavy atom. The fraction of sp³-hybridized carbons (Fsp3) is 0.417. The average molecular weight is 436 g/mol. The van der Waals surface area contributed by atoms with Crippen molar-refractivity contribution in [3.8, 4) is 0 Å². The van der Waals surface area contributed by atoms with Crippen LogP contribution in [-0.4, -0.2) is 38.4 Å². The van der Waals surface area contributed by atoms with E-state index < -0.39 is 4.92 Å². The van der Waals surface area contributed by atoms with Crippen molar-refractivity contribution in [3.05, 3.63) is 64.0 Å². The van der Waals surface area contributed by atoms with Crippen LogP contribution in [-0.2, 0) is 6.54 Å². The first-order valence-electron chi connectivity index (χ1n) is 11.1. The normalized spacial score (nSPS) is 15.4. The van der Waals surface area contributed by atoms with Crippen LogP contribution in [0, 0.1) is 16.0 Å². The van der Waals surface area contributed by atoms with E-state index in [2.05, 4.69) is 35.6 Å². The van der Waals surface area contributed by atoms with Crippen molar-refractivity contribution in [2.45, 2.75) is 46.2 Å². The molecule has 0 saturated carbocycles. The van der Waals surface area contributed by atoms with Crippen molar-refractivity contribution in [3.63, 3.8) is 0 Å². The number of hydrogen-bond acceptors (Lipinski definition) is 5. The Morgan fingerprint density at radius 3 is 2.66 bits per heavy atom. The second-order valence-corrected chi connectivity index (χ2v) is 8.92. The summed E-state index contributed by atoms with van der Waals surface area (Å²) < 4.78 is 2.26. The van der Waals surface area contributed by atoms with Gasteiger partial charge in [-0.25, -0.2) is 4.98 Å². The predicted octanol–water partition coefficient (Wildman–Crippen LogP) is 5.01. The standard InChI is InChI=1S/C24H29N5O3/c1-16(2)28-22-8-7-19(25-24(30)18-5-4-6-20(13-18)29(31)32)14-21(22)26-23(28)15-27-11-9-17(3)10-12-27/h4-8,13-14,16-17H,9-12,15H2,1-3H3,(H,25,30). The number of nitrogens with one attached hydrogen (secondary N) is 1. The molecule has 2 heterocycles. The number of benzene rings is 2. The van der Waals surface area contributed by atoms with Crippen molar-refractivity contribution in [2.24, 2.45) is 5.92 Å². The highest BCUT2D eigenvalue weighted by atomic mass is 16.6. The molecule has 1 aliphatic rings. The van der Waals surface area contributed by atoms with E-state index in [-0.39, 0.29) is 23.2 Å². The number of imidazole rings is 1. The third-order valence-corrected chi connectivity index (χ3v) is 6.10. The van der Waals surface area contributed by atoms with E-state index in [9.17, 15) is 14.9 Å². The zero-order valence-corrected chi connectivity index (χ0v) is 18.7. The lowest BCUT2D eigenvalue weighted by Gasteiger charge is -2.30. The van der Waals surface area contributed by atoms with Gasteiger partial charge in [0.1, 0.15) is 5.82 Å². The maximum atomic E-state index is 12.6. The lowest BCUT2D eigenvalue weighted by Crippen LogP contribution is -2.33. The highest BCUT2D eigenvalue weighted by molar-refractivity contribution is 6.05. The largest absolute Gasteiger partial charge is 0.324 e. The molecule has 0 atom stereocenters. The third kappa shape index (κ3) is 4.65. The summed E-state index contributed by atoms with van der Waals surface area (Å²) in [6.07, 6.45) is 2.44. The number of rotatable bonds is 6. The molecule has 0 aliphatic carbocycles. The first-order valence-corrected chi connectivity index (χ1v) is 11.1. The number of anilines is 1. The van der Waals surface area contributed by atoms with Gasteiger partial charge in [0.2, 0.25) is 0 Å². The quantitative estimate of drug-likeness (QED) is 0.434. The molecule has 2 aromatic carbocycles. The lowest BCUT2D eigenvalue weighted by molar-refractivity contribution is -0.384. The van der Waals surface area contributed by atoms with Gasteiger partial charge in [-0.3, -0.25) is 19.8 Å². The number of carbonyl (C=O) groups is 1. The monoisotopic (exact) mass is 435 g/mol. The van der Waals surface area contributed by atoms with E-state index in [0.29, 0.717) is 5.69 Å². The number of fused-ring (bicyclic) bond motifs is 1. The summed E-state index contributed by atoms with van der Waals surface area (Å²) in [5.41, 5.74) is 2.61. The zero-order valence-electron chi connectivity index (χ0n) is 18.7. The van der Waals surface area contributed by atoms with Gasteiger partial charge in [0.15, 0.2) is 0 Å². The zero-order chi connectivity index (χ0) is 22.8. The highest BCUT2D eigenvalue weighted by Gasteiger charge is 2.20. The maximum Gasteiger partial charge on any atom is 0.270 e. The number of amides is 1. The Labute approximate surface area is 187 Å². The first-order chi connectivity index (χ1) is 15.3. The van der Waals surface area contributed by atoms with Crippen LogP contribution in [0.4, 0.5) is 11.4 Å². The molecule has 0 spiro atoms. The summed E-state index contributed by atoms with van der Waals surface area (Å²) in [5, 5.41) is 13.8. The fourth-order valence-corrected chi connectivity index (χ4v) is 4.30. The minimum atomic E-state index is -0.508. The molecular weight excluding hydrogens is 406 g/mol. The lowest BCUT2D eigenvalue weighted by atomic mass is 9.99. The molecule has 1 aliphatic heterocycles. The van der Waals surface area contributed by atoms with Gasteiger partial charge in [-0.1, -0.05) is 13.0 Å². The molecule has 8 heteroatoms. The van der Waals surface area contributed by atoms with Gasteiger partial charge in [-0.05, 0) is 70.0 Å². The van der Waals surface area contributed by atoms with Crippen LogP contribution >= 0.6 is 0 Å². The Hall–Kier alpha value is -3.26. The SMILES string of the molecule is CC1CCN(Cc2nc3cc(NC(=O)c4cccc([N+](=O)[O-])c4)ccc3n2C(C)C)CC1. The van der Waals surface area contributed by atoms with Crippen LogP contribution in [0.2, 0.25) is 0 Å². The summed E-state index contributed by atoms with van der Waals surface area (Å²) in [4.78, 5) is 30.5. The van der Waals surface area contributed by atoms with E-state index >= 15 is 0 Å². The summed E-state index contributed by atoms with van der Waals surface area (Å²) in [6.45, 7) is 9.61. The Kier molecular flexibility index (Phi) is 6.23. The van der Waals surface area contributed by atoms with Gasteiger partial charge in [0, 0.05) is 29.4 Å². The number of carbonyl (C=O) groups excluding carboxylic acids is 1. The molecule has 1 amide bonds. The topological polar surface area (TPSA) is 93.3 Å². The molecule has 0 bridgehead atoms. The van der Waals surface area contributed by atoms with Crippen molar-refractivity contribution in [2.75, 3.05) is 18.4 Å². The van der Waals surface area contributed by atoms with Crippen molar-refractivity contribution in [1.82, 2.24) is 14.5 Å². The average Bonchev–Trinajstić information content (AvgIpc) is 3.12. The summed E-state index contributed by atoms with van der Waals surface area (Å²) >= 11 is 0. The number of nitro groups is 1. The van der Waals surface area contributed by atoms with Crippen LogP contribution in [0.1, 0.15) is 55.8 Å². The van der Waals surface area contributed by atoms with E-state index in [4.69, 9.17) is 4.98 Å². The number of likely N-dealkylation sites (tertiary alicyclic amines) is 1. The molecule has 1 N–H and O–H groups in total. The molecule has 0 unspecified atom stereocenters. The molecule has 1 saturated heterocycles. The second-order valence-electron chi connectivity index (χ2n) is 8.92. The molecule has 1 fully saturated rings. The molecule has 3 aromatic rings. The molecule has 4 rings (SSSR count). The Morgan fingerprint density at radius 1 is 1.22 bits per heavy atom. The van der Waals surface area contributed by atoms with E-state index in [1.54, 1.807) is 6.07 Å². The summed E-state index contributed by atoms with van der Waals surface area (Å²) in [6, 6.07) is 11.7. The Bertz CT molecular complexity index is 1150. The van der Waals surface area contributed by atoms with Gasteiger partial charge < -0.3 is 9.88 Å². The molecular formula is C24H29N5O3. The van der Waals surface area contributed by atoms with Crippen LogP contribution in [0.3, 0.4) is 0 Å². The van der Waals surface area contributed by atoms with E-state index in [1.807, 2.05) is 18.2 Å². The number of aromatic nitrogens is 2.